The van der Waals surface area contributed by atoms with E-state index in [4.69, 9.17) is 9.47 Å². The molecule has 0 radical (unpaired) electrons. The summed E-state index contributed by atoms with van der Waals surface area (Å²) in [6.45, 7) is 2.27. The lowest BCUT2D eigenvalue weighted by Crippen LogP contribution is -2.42. The molecule has 0 atom stereocenters. The standard InChI is InChI=1S/C12H13N3O3/c16-12(14-5-7-17-8-6-14)18-11-2-1-10-3-4-13-15(10)9-11/h1-4,9H,5-8H2. The molecule has 0 N–H and O–H groups in total. The number of carbonyl (C=O) groups is 1. The number of hydrogen-bond acceptors (Lipinski definition) is 4. The van der Waals surface area contributed by atoms with Crippen LogP contribution in [0.5, 0.6) is 5.75 Å². The number of fused-ring (bicyclic) bond motifs is 1. The molecule has 18 heavy (non-hydrogen) atoms. The lowest BCUT2D eigenvalue weighted by molar-refractivity contribution is 0.0415. The fourth-order valence-corrected chi connectivity index (χ4v) is 1.87. The highest BCUT2D eigenvalue weighted by molar-refractivity contribution is 5.70. The lowest BCUT2D eigenvalue weighted by atomic mass is 10.4. The summed E-state index contributed by atoms with van der Waals surface area (Å²) in [5.74, 6) is 0.489. The van der Waals surface area contributed by atoms with E-state index in [1.807, 2.05) is 12.1 Å². The van der Waals surface area contributed by atoms with Crippen molar-refractivity contribution in [1.29, 1.82) is 0 Å². The van der Waals surface area contributed by atoms with Gasteiger partial charge < -0.3 is 14.4 Å². The molecule has 1 aliphatic rings. The van der Waals surface area contributed by atoms with Crippen LogP contribution in [0.1, 0.15) is 0 Å². The molecular formula is C12H13N3O3. The van der Waals surface area contributed by atoms with Crippen molar-refractivity contribution in [2.45, 2.75) is 0 Å². The van der Waals surface area contributed by atoms with Crippen LogP contribution in [-0.2, 0) is 4.74 Å². The van der Waals surface area contributed by atoms with Gasteiger partial charge in [0, 0.05) is 19.3 Å². The van der Waals surface area contributed by atoms with Gasteiger partial charge >= 0.3 is 6.09 Å². The summed E-state index contributed by atoms with van der Waals surface area (Å²) >= 11 is 0. The van der Waals surface area contributed by atoms with E-state index in [0.29, 0.717) is 32.1 Å². The molecule has 0 bridgehead atoms. The third-order valence-electron chi connectivity index (χ3n) is 2.84. The summed E-state index contributed by atoms with van der Waals surface area (Å²) in [6.07, 6.45) is 3.04. The number of ether oxygens (including phenoxy) is 2. The summed E-state index contributed by atoms with van der Waals surface area (Å²) in [7, 11) is 0. The molecule has 1 saturated heterocycles. The second-order valence-corrected chi connectivity index (χ2v) is 4.03. The first-order valence-corrected chi connectivity index (χ1v) is 5.81. The molecule has 1 aliphatic heterocycles. The zero-order valence-corrected chi connectivity index (χ0v) is 9.78. The molecule has 3 rings (SSSR count). The van der Waals surface area contributed by atoms with E-state index in [2.05, 4.69) is 5.10 Å². The second-order valence-electron chi connectivity index (χ2n) is 4.03. The van der Waals surface area contributed by atoms with Gasteiger partial charge in [-0.05, 0) is 18.2 Å². The number of nitrogens with zero attached hydrogens (tertiary/aromatic N) is 3. The van der Waals surface area contributed by atoms with Crippen LogP contribution < -0.4 is 4.74 Å². The topological polar surface area (TPSA) is 56.1 Å². The molecule has 3 heterocycles. The zero-order chi connectivity index (χ0) is 12.4. The minimum Gasteiger partial charge on any atom is -0.409 e. The van der Waals surface area contributed by atoms with Gasteiger partial charge in [-0.3, -0.25) is 0 Å². The van der Waals surface area contributed by atoms with E-state index in [9.17, 15) is 4.79 Å². The fourth-order valence-electron chi connectivity index (χ4n) is 1.87. The van der Waals surface area contributed by atoms with E-state index in [1.165, 1.54) is 0 Å². The van der Waals surface area contributed by atoms with Crippen molar-refractivity contribution in [2.24, 2.45) is 0 Å². The largest absolute Gasteiger partial charge is 0.415 e. The van der Waals surface area contributed by atoms with Gasteiger partial charge in [0.25, 0.3) is 0 Å². The molecule has 6 nitrogen and oxygen atoms in total. The highest BCUT2D eigenvalue weighted by atomic mass is 16.6. The first-order valence-electron chi connectivity index (χ1n) is 5.81. The maximum atomic E-state index is 11.9. The summed E-state index contributed by atoms with van der Waals surface area (Å²) in [4.78, 5) is 13.5. The van der Waals surface area contributed by atoms with E-state index in [0.717, 1.165) is 5.52 Å². The predicted molar refractivity (Wildman–Crippen MR) is 63.6 cm³/mol. The number of hydrogen-bond donors (Lipinski definition) is 0. The Labute approximate surface area is 104 Å². The Morgan fingerprint density at radius 2 is 2.11 bits per heavy atom. The monoisotopic (exact) mass is 247 g/mol. The van der Waals surface area contributed by atoms with Gasteiger partial charge in [0.1, 0.15) is 0 Å². The summed E-state index contributed by atoms with van der Waals surface area (Å²) < 4.78 is 12.2. The van der Waals surface area contributed by atoms with Crippen LogP contribution in [0.4, 0.5) is 4.79 Å². The molecule has 2 aromatic heterocycles. The highest BCUT2D eigenvalue weighted by Crippen LogP contribution is 2.14. The Balaban J connectivity index is 1.72. The number of morpholine rings is 1. The first-order chi connectivity index (χ1) is 8.83. The van der Waals surface area contributed by atoms with Gasteiger partial charge in [-0.2, -0.15) is 5.10 Å². The molecule has 0 saturated carbocycles. The van der Waals surface area contributed by atoms with Crippen LogP contribution >= 0.6 is 0 Å². The molecule has 2 aromatic rings. The van der Waals surface area contributed by atoms with E-state index >= 15 is 0 Å². The lowest BCUT2D eigenvalue weighted by Gasteiger charge is -2.25. The Morgan fingerprint density at radius 3 is 2.94 bits per heavy atom. The van der Waals surface area contributed by atoms with E-state index in [1.54, 1.807) is 27.9 Å². The Bertz CT molecular complexity index is 560. The SMILES string of the molecule is O=C(Oc1ccc2ccnn2c1)N1CCOCC1. The number of carbonyl (C=O) groups excluding carboxylic acids is 1. The van der Waals surface area contributed by atoms with Crippen LogP contribution in [-0.4, -0.2) is 46.9 Å². The van der Waals surface area contributed by atoms with Crippen LogP contribution in [0.2, 0.25) is 0 Å². The molecule has 6 heteroatoms. The zero-order valence-electron chi connectivity index (χ0n) is 9.78. The minimum absolute atomic E-state index is 0.343. The average molecular weight is 247 g/mol. The van der Waals surface area contributed by atoms with Gasteiger partial charge in [0.2, 0.25) is 0 Å². The highest BCUT2D eigenvalue weighted by Gasteiger charge is 2.18. The van der Waals surface area contributed by atoms with Crippen molar-refractivity contribution in [3.8, 4) is 5.75 Å². The predicted octanol–water partition coefficient (Wildman–Crippen LogP) is 1.17. The molecule has 1 amide bonds. The smallest absolute Gasteiger partial charge is 0.409 e. The molecular weight excluding hydrogens is 234 g/mol. The molecule has 94 valence electrons. The maximum absolute atomic E-state index is 11.9. The minimum atomic E-state index is -0.343. The number of pyridine rings is 1. The van der Waals surface area contributed by atoms with Crippen molar-refractivity contribution in [3.05, 3.63) is 30.6 Å². The molecule has 0 spiro atoms. The fraction of sp³-hybridized carbons (Fsp3) is 0.333. The number of amides is 1. The Morgan fingerprint density at radius 1 is 1.28 bits per heavy atom. The summed E-state index contributed by atoms with van der Waals surface area (Å²) in [5.41, 5.74) is 0.959. The van der Waals surface area contributed by atoms with Crippen molar-refractivity contribution < 1.29 is 14.3 Å². The Hall–Kier alpha value is -2.08. The van der Waals surface area contributed by atoms with Gasteiger partial charge in [-0.1, -0.05) is 0 Å². The molecule has 0 unspecified atom stereocenters. The van der Waals surface area contributed by atoms with Gasteiger partial charge in [-0.15, -0.1) is 0 Å². The van der Waals surface area contributed by atoms with Crippen LogP contribution in [0.25, 0.3) is 5.52 Å². The van der Waals surface area contributed by atoms with Gasteiger partial charge in [0.05, 0.1) is 24.9 Å². The van der Waals surface area contributed by atoms with Gasteiger partial charge in [-0.25, -0.2) is 9.31 Å². The first kappa shape index (κ1) is 11.0. The number of aromatic nitrogens is 2. The van der Waals surface area contributed by atoms with Crippen LogP contribution in [0.15, 0.2) is 30.6 Å². The number of rotatable bonds is 1. The molecule has 0 aromatic carbocycles. The van der Waals surface area contributed by atoms with Crippen molar-refractivity contribution in [2.75, 3.05) is 26.3 Å². The second kappa shape index (κ2) is 4.66. The van der Waals surface area contributed by atoms with E-state index < -0.39 is 0 Å². The normalized spacial score (nSPS) is 15.9. The van der Waals surface area contributed by atoms with Gasteiger partial charge in [0.15, 0.2) is 5.75 Å². The third-order valence-corrected chi connectivity index (χ3v) is 2.84. The molecule has 1 fully saturated rings. The van der Waals surface area contributed by atoms with Crippen LogP contribution in [0.3, 0.4) is 0 Å². The van der Waals surface area contributed by atoms with E-state index in [-0.39, 0.29) is 6.09 Å². The van der Waals surface area contributed by atoms with Crippen molar-refractivity contribution >= 4 is 11.6 Å². The van der Waals surface area contributed by atoms with Crippen molar-refractivity contribution in [3.63, 3.8) is 0 Å². The quantitative estimate of drug-likeness (QED) is 0.759. The summed E-state index contributed by atoms with van der Waals surface area (Å²) in [6, 6.07) is 5.50. The molecule has 0 aliphatic carbocycles. The maximum Gasteiger partial charge on any atom is 0.415 e. The van der Waals surface area contributed by atoms with Crippen molar-refractivity contribution in [1.82, 2.24) is 14.5 Å². The third kappa shape index (κ3) is 2.14. The average Bonchev–Trinajstić information content (AvgIpc) is 2.87. The Kier molecular flexibility index (Phi) is 2.85. The summed E-state index contributed by atoms with van der Waals surface area (Å²) in [5, 5.41) is 4.09. The van der Waals surface area contributed by atoms with Crippen LogP contribution in [0, 0.1) is 0 Å².